The zero-order chi connectivity index (χ0) is 13.2. The number of aromatic nitrogens is 1. The summed E-state index contributed by atoms with van der Waals surface area (Å²) in [5, 5.41) is 0.993. The van der Waals surface area contributed by atoms with Gasteiger partial charge in [0.05, 0.1) is 11.2 Å². The first-order valence-corrected chi connectivity index (χ1v) is 7.65. The summed E-state index contributed by atoms with van der Waals surface area (Å²) < 4.78 is 0. The van der Waals surface area contributed by atoms with Gasteiger partial charge >= 0.3 is 0 Å². The van der Waals surface area contributed by atoms with Crippen LogP contribution in [0.3, 0.4) is 0 Å². The number of nitrogens with zero attached hydrogens (tertiary/aromatic N) is 1. The Balaban J connectivity index is 1.90. The summed E-state index contributed by atoms with van der Waals surface area (Å²) in [7, 11) is 0. The zero-order valence-electron chi connectivity index (χ0n) is 10.7. The molecule has 0 aliphatic carbocycles. The van der Waals surface area contributed by atoms with Crippen LogP contribution >= 0.6 is 11.8 Å². The largest absolute Gasteiger partial charge is 0.397 e. The fraction of sp³-hybridized carbons (Fsp3) is 0.357. The molecule has 19 heavy (non-hydrogen) atoms. The third kappa shape index (κ3) is 2.42. The van der Waals surface area contributed by atoms with Crippen LogP contribution in [0.25, 0.3) is 10.9 Å². The van der Waals surface area contributed by atoms with Gasteiger partial charge < -0.3 is 15.6 Å². The van der Waals surface area contributed by atoms with Crippen LogP contribution in [0.5, 0.6) is 0 Å². The van der Waals surface area contributed by atoms with Crippen LogP contribution in [-0.2, 0) is 0 Å². The average Bonchev–Trinajstić information content (AvgIpc) is 2.67. The van der Waals surface area contributed by atoms with Gasteiger partial charge in [0.2, 0.25) is 0 Å². The molecule has 5 heteroatoms. The van der Waals surface area contributed by atoms with Gasteiger partial charge in [-0.1, -0.05) is 12.1 Å². The van der Waals surface area contributed by atoms with Crippen LogP contribution in [0.15, 0.2) is 24.3 Å². The molecule has 1 aliphatic heterocycles. The maximum absolute atomic E-state index is 12.5. The van der Waals surface area contributed by atoms with Gasteiger partial charge in [-0.2, -0.15) is 11.8 Å². The molecule has 1 amide bonds. The van der Waals surface area contributed by atoms with E-state index in [1.165, 1.54) is 0 Å². The number of benzene rings is 1. The standard InChI is InChI=1S/C14H17N3OS/c15-11-4-1-3-10-9-12(16-13(10)11)14(18)17-5-2-7-19-8-6-17/h1,3-4,9,16H,2,5-8,15H2. The van der Waals surface area contributed by atoms with Gasteiger partial charge in [-0.15, -0.1) is 0 Å². The molecule has 1 aliphatic rings. The predicted molar refractivity (Wildman–Crippen MR) is 80.6 cm³/mol. The number of amides is 1. The minimum absolute atomic E-state index is 0.0816. The summed E-state index contributed by atoms with van der Waals surface area (Å²) in [5.41, 5.74) is 8.09. The van der Waals surface area contributed by atoms with E-state index in [9.17, 15) is 4.79 Å². The van der Waals surface area contributed by atoms with Gasteiger partial charge in [-0.3, -0.25) is 4.79 Å². The van der Waals surface area contributed by atoms with E-state index in [0.717, 1.165) is 41.9 Å². The lowest BCUT2D eigenvalue weighted by Crippen LogP contribution is -2.33. The van der Waals surface area contributed by atoms with Crippen LogP contribution in [0.2, 0.25) is 0 Å². The van der Waals surface area contributed by atoms with Crippen molar-refractivity contribution in [1.82, 2.24) is 9.88 Å². The molecule has 1 aromatic carbocycles. The van der Waals surface area contributed by atoms with Crippen molar-refractivity contribution in [1.29, 1.82) is 0 Å². The molecule has 1 saturated heterocycles. The van der Waals surface area contributed by atoms with E-state index in [-0.39, 0.29) is 5.91 Å². The van der Waals surface area contributed by atoms with Gasteiger partial charge in [0.25, 0.3) is 5.91 Å². The van der Waals surface area contributed by atoms with Crippen molar-refractivity contribution in [2.24, 2.45) is 0 Å². The second kappa shape index (κ2) is 5.17. The molecule has 1 aromatic heterocycles. The second-order valence-electron chi connectivity index (χ2n) is 4.75. The molecule has 2 heterocycles. The van der Waals surface area contributed by atoms with Crippen molar-refractivity contribution in [2.75, 3.05) is 30.3 Å². The zero-order valence-corrected chi connectivity index (χ0v) is 11.5. The Hall–Kier alpha value is -1.62. The highest BCUT2D eigenvalue weighted by Crippen LogP contribution is 2.22. The molecular formula is C14H17N3OS. The molecule has 1 fully saturated rings. The van der Waals surface area contributed by atoms with E-state index in [1.54, 1.807) is 0 Å². The molecule has 0 saturated carbocycles. The minimum atomic E-state index is 0.0816. The molecular weight excluding hydrogens is 258 g/mol. The average molecular weight is 275 g/mol. The second-order valence-corrected chi connectivity index (χ2v) is 5.98. The molecule has 0 radical (unpaired) electrons. The van der Waals surface area contributed by atoms with Crippen molar-refractivity contribution in [3.05, 3.63) is 30.0 Å². The number of H-pyrrole nitrogens is 1. The van der Waals surface area contributed by atoms with Crippen molar-refractivity contribution < 1.29 is 4.79 Å². The molecule has 0 unspecified atom stereocenters. The monoisotopic (exact) mass is 275 g/mol. The van der Waals surface area contributed by atoms with Crippen LogP contribution < -0.4 is 5.73 Å². The third-order valence-electron chi connectivity index (χ3n) is 3.43. The number of nitrogens with two attached hydrogens (primary N) is 1. The van der Waals surface area contributed by atoms with E-state index >= 15 is 0 Å². The fourth-order valence-electron chi connectivity index (χ4n) is 2.41. The third-order valence-corrected chi connectivity index (χ3v) is 4.48. The Morgan fingerprint density at radius 1 is 1.32 bits per heavy atom. The number of hydrogen-bond donors (Lipinski definition) is 2. The van der Waals surface area contributed by atoms with Crippen molar-refractivity contribution in [2.45, 2.75) is 6.42 Å². The quantitative estimate of drug-likeness (QED) is 0.785. The fourth-order valence-corrected chi connectivity index (χ4v) is 3.30. The molecule has 100 valence electrons. The SMILES string of the molecule is Nc1cccc2cc(C(=O)N3CCCSCC3)[nH]c12. The summed E-state index contributed by atoms with van der Waals surface area (Å²) in [5.74, 6) is 2.25. The topological polar surface area (TPSA) is 62.1 Å². The summed E-state index contributed by atoms with van der Waals surface area (Å²) in [6.45, 7) is 1.67. The summed E-state index contributed by atoms with van der Waals surface area (Å²) in [6.07, 6.45) is 1.07. The number of hydrogen-bond acceptors (Lipinski definition) is 3. The molecule has 4 nitrogen and oxygen atoms in total. The number of anilines is 1. The highest BCUT2D eigenvalue weighted by molar-refractivity contribution is 7.99. The number of nitrogens with one attached hydrogen (secondary N) is 1. The number of rotatable bonds is 1. The highest BCUT2D eigenvalue weighted by Gasteiger charge is 2.19. The first kappa shape index (κ1) is 12.4. The Morgan fingerprint density at radius 2 is 2.21 bits per heavy atom. The van der Waals surface area contributed by atoms with Crippen molar-refractivity contribution >= 4 is 34.3 Å². The lowest BCUT2D eigenvalue weighted by molar-refractivity contribution is 0.0763. The number of carbonyl (C=O) groups is 1. The van der Waals surface area contributed by atoms with E-state index in [2.05, 4.69) is 4.98 Å². The van der Waals surface area contributed by atoms with E-state index in [4.69, 9.17) is 5.73 Å². The maximum Gasteiger partial charge on any atom is 0.270 e. The number of thioether (sulfide) groups is 1. The van der Waals surface area contributed by atoms with Crippen LogP contribution in [0, 0.1) is 0 Å². The molecule has 3 N–H and O–H groups in total. The smallest absolute Gasteiger partial charge is 0.270 e. The molecule has 0 atom stereocenters. The number of aromatic amines is 1. The Labute approximate surface area is 116 Å². The van der Waals surface area contributed by atoms with E-state index < -0.39 is 0 Å². The van der Waals surface area contributed by atoms with Crippen LogP contribution in [0.1, 0.15) is 16.9 Å². The minimum Gasteiger partial charge on any atom is -0.397 e. The lowest BCUT2D eigenvalue weighted by atomic mass is 10.2. The summed E-state index contributed by atoms with van der Waals surface area (Å²) >= 11 is 1.92. The molecule has 0 spiro atoms. The highest BCUT2D eigenvalue weighted by atomic mass is 32.2. The molecule has 3 rings (SSSR count). The van der Waals surface area contributed by atoms with Gasteiger partial charge in [-0.05, 0) is 24.3 Å². The normalized spacial score (nSPS) is 16.5. The van der Waals surface area contributed by atoms with E-state index in [1.807, 2.05) is 40.9 Å². The first-order chi connectivity index (χ1) is 9.25. The maximum atomic E-state index is 12.5. The first-order valence-electron chi connectivity index (χ1n) is 6.50. The summed E-state index contributed by atoms with van der Waals surface area (Å²) in [4.78, 5) is 17.6. The van der Waals surface area contributed by atoms with Crippen LogP contribution in [0.4, 0.5) is 5.69 Å². The van der Waals surface area contributed by atoms with Crippen molar-refractivity contribution in [3.8, 4) is 0 Å². The van der Waals surface area contributed by atoms with Gasteiger partial charge in [0.15, 0.2) is 0 Å². The number of fused-ring (bicyclic) bond motifs is 1. The molecule has 2 aromatic rings. The van der Waals surface area contributed by atoms with Gasteiger partial charge in [0, 0.05) is 24.2 Å². The number of carbonyl (C=O) groups excluding carboxylic acids is 1. The Bertz CT molecular complexity index is 600. The Morgan fingerprint density at radius 3 is 3.05 bits per heavy atom. The number of para-hydroxylation sites is 1. The van der Waals surface area contributed by atoms with Gasteiger partial charge in [-0.25, -0.2) is 0 Å². The Kier molecular flexibility index (Phi) is 3.38. The number of nitrogen functional groups attached to an aromatic ring is 1. The molecule has 0 bridgehead atoms. The lowest BCUT2D eigenvalue weighted by Gasteiger charge is -2.18. The van der Waals surface area contributed by atoms with Crippen LogP contribution in [-0.4, -0.2) is 40.4 Å². The predicted octanol–water partition coefficient (Wildman–Crippen LogP) is 2.33. The van der Waals surface area contributed by atoms with E-state index in [0.29, 0.717) is 11.4 Å². The van der Waals surface area contributed by atoms with Crippen molar-refractivity contribution in [3.63, 3.8) is 0 Å². The summed E-state index contributed by atoms with van der Waals surface area (Å²) in [6, 6.07) is 7.61. The van der Waals surface area contributed by atoms with Gasteiger partial charge in [0.1, 0.15) is 5.69 Å².